The third-order valence-electron chi connectivity index (χ3n) is 7.08. The summed E-state index contributed by atoms with van der Waals surface area (Å²) in [7, 11) is 3.10. The number of halogens is 1. The third-order valence-corrected chi connectivity index (χ3v) is 8.59. The standard InChI is InChI=1S/C31H30BrN3O5S/c1-7-40-30(37)27-18(3)33-31-35(28(27)20-8-13-24(38-5)25(15-20)39-6)29(36)26(41-31)16-21-14-17(2)34(19(21)4)23-11-9-22(32)10-12-23/h8-16,28H,7H2,1-6H3/b26-16+/t28-/m0/s1. The molecule has 0 saturated heterocycles. The molecule has 0 unspecified atom stereocenters. The van der Waals surface area contributed by atoms with Gasteiger partial charge in [0.2, 0.25) is 0 Å². The number of methoxy groups -OCH3 is 2. The number of benzene rings is 2. The predicted octanol–water partition coefficient (Wildman–Crippen LogP) is 4.99. The number of hydrogen-bond donors (Lipinski definition) is 0. The number of carbonyl (C=O) groups excluding carboxylic acids is 1. The van der Waals surface area contributed by atoms with Crippen molar-refractivity contribution in [2.24, 2.45) is 4.99 Å². The third kappa shape index (κ3) is 5.17. The maximum absolute atomic E-state index is 14.1. The Labute approximate surface area is 250 Å². The van der Waals surface area contributed by atoms with Crippen molar-refractivity contribution in [3.63, 3.8) is 0 Å². The van der Waals surface area contributed by atoms with E-state index in [-0.39, 0.29) is 12.2 Å². The zero-order chi connectivity index (χ0) is 29.4. The molecule has 3 heterocycles. The van der Waals surface area contributed by atoms with E-state index < -0.39 is 12.0 Å². The van der Waals surface area contributed by atoms with Gasteiger partial charge < -0.3 is 18.8 Å². The van der Waals surface area contributed by atoms with Crippen LogP contribution in [0, 0.1) is 13.8 Å². The number of carbonyl (C=O) groups is 1. The molecule has 41 heavy (non-hydrogen) atoms. The Hall–Kier alpha value is -3.89. The zero-order valence-electron chi connectivity index (χ0n) is 23.6. The Morgan fingerprint density at radius 2 is 1.76 bits per heavy atom. The first kappa shape index (κ1) is 28.6. The van der Waals surface area contributed by atoms with Gasteiger partial charge in [-0.25, -0.2) is 9.79 Å². The molecule has 0 N–H and O–H groups in total. The minimum atomic E-state index is -0.748. The number of fused-ring (bicyclic) bond motifs is 1. The van der Waals surface area contributed by atoms with Crippen LogP contribution in [0.4, 0.5) is 0 Å². The smallest absolute Gasteiger partial charge is 0.338 e. The van der Waals surface area contributed by atoms with Crippen LogP contribution < -0.4 is 24.4 Å². The second-order valence-corrected chi connectivity index (χ2v) is 11.5. The molecule has 0 aliphatic carbocycles. The highest BCUT2D eigenvalue weighted by Crippen LogP contribution is 2.36. The number of esters is 1. The van der Waals surface area contributed by atoms with E-state index in [0.29, 0.717) is 37.7 Å². The normalized spacial score (nSPS) is 15.0. The van der Waals surface area contributed by atoms with E-state index in [4.69, 9.17) is 14.2 Å². The maximum atomic E-state index is 14.1. The highest BCUT2D eigenvalue weighted by Gasteiger charge is 2.34. The van der Waals surface area contributed by atoms with Crippen LogP contribution >= 0.6 is 27.3 Å². The molecule has 0 saturated carbocycles. The molecule has 0 fully saturated rings. The minimum absolute atomic E-state index is 0.201. The Balaban J connectivity index is 1.70. The van der Waals surface area contributed by atoms with Crippen LogP contribution in [-0.2, 0) is 9.53 Å². The summed E-state index contributed by atoms with van der Waals surface area (Å²) in [6, 6.07) is 14.8. The van der Waals surface area contributed by atoms with Gasteiger partial charge in [-0.1, -0.05) is 33.3 Å². The second kappa shape index (κ2) is 11.5. The molecule has 1 aliphatic heterocycles. The summed E-state index contributed by atoms with van der Waals surface area (Å²) >= 11 is 4.79. The summed E-state index contributed by atoms with van der Waals surface area (Å²) < 4.78 is 21.6. The lowest BCUT2D eigenvalue weighted by Crippen LogP contribution is -2.40. The molecule has 4 aromatic rings. The Morgan fingerprint density at radius 1 is 1.05 bits per heavy atom. The Morgan fingerprint density at radius 3 is 2.41 bits per heavy atom. The average Bonchev–Trinajstić information content (AvgIpc) is 3.41. The first-order valence-electron chi connectivity index (χ1n) is 13.0. The molecule has 8 nitrogen and oxygen atoms in total. The molecule has 212 valence electrons. The largest absolute Gasteiger partial charge is 0.493 e. The van der Waals surface area contributed by atoms with Crippen LogP contribution in [0.15, 0.2) is 74.1 Å². The fourth-order valence-electron chi connectivity index (χ4n) is 5.19. The lowest BCUT2D eigenvalue weighted by atomic mass is 9.95. The number of thiazole rings is 1. The maximum Gasteiger partial charge on any atom is 0.338 e. The predicted molar refractivity (Wildman–Crippen MR) is 163 cm³/mol. The number of ether oxygens (including phenoxy) is 3. The molecule has 0 bridgehead atoms. The Kier molecular flexibility index (Phi) is 8.06. The van der Waals surface area contributed by atoms with Crippen molar-refractivity contribution >= 4 is 39.3 Å². The summed E-state index contributed by atoms with van der Waals surface area (Å²) in [4.78, 5) is 32.5. The molecule has 0 spiro atoms. The van der Waals surface area contributed by atoms with Gasteiger partial charge in [-0.2, -0.15) is 0 Å². The molecule has 5 rings (SSSR count). The van der Waals surface area contributed by atoms with E-state index in [1.807, 2.05) is 50.3 Å². The molecule has 0 radical (unpaired) electrons. The van der Waals surface area contributed by atoms with Gasteiger partial charge in [-0.05, 0) is 87.4 Å². The first-order chi connectivity index (χ1) is 19.7. The number of nitrogens with zero attached hydrogens (tertiary/aromatic N) is 3. The first-order valence-corrected chi connectivity index (χ1v) is 14.7. The van der Waals surface area contributed by atoms with Gasteiger partial charge in [0.25, 0.3) is 5.56 Å². The van der Waals surface area contributed by atoms with Gasteiger partial charge in [-0.15, -0.1) is 0 Å². The average molecular weight is 637 g/mol. The van der Waals surface area contributed by atoms with Crippen molar-refractivity contribution in [1.82, 2.24) is 9.13 Å². The fraction of sp³-hybridized carbons (Fsp3) is 0.258. The summed E-state index contributed by atoms with van der Waals surface area (Å²) in [6.07, 6.45) is 1.90. The van der Waals surface area contributed by atoms with Crippen molar-refractivity contribution in [1.29, 1.82) is 0 Å². The lowest BCUT2D eigenvalue weighted by molar-refractivity contribution is -0.139. The summed E-state index contributed by atoms with van der Waals surface area (Å²) in [5.74, 6) is 0.523. The number of aryl methyl sites for hydroxylation is 1. The number of hydrogen-bond acceptors (Lipinski definition) is 7. The number of rotatable bonds is 7. The van der Waals surface area contributed by atoms with Crippen LogP contribution in [0.1, 0.15) is 42.4 Å². The van der Waals surface area contributed by atoms with E-state index in [2.05, 4.69) is 31.6 Å². The SMILES string of the molecule is CCOC(=O)C1=C(C)N=c2s/c(=C/c3cc(C)n(-c4ccc(Br)cc4)c3C)c(=O)n2[C@H]1c1ccc(OC)c(OC)c1. The van der Waals surface area contributed by atoms with Crippen LogP contribution in [0.2, 0.25) is 0 Å². The molecule has 0 amide bonds. The zero-order valence-corrected chi connectivity index (χ0v) is 26.1. The van der Waals surface area contributed by atoms with Crippen LogP contribution in [0.3, 0.4) is 0 Å². The van der Waals surface area contributed by atoms with Crippen LogP contribution in [-0.4, -0.2) is 35.9 Å². The number of allylic oxidation sites excluding steroid dienone is 1. The summed E-state index contributed by atoms with van der Waals surface area (Å²) in [5, 5.41) is 0. The molecule has 1 aliphatic rings. The van der Waals surface area contributed by atoms with Crippen LogP contribution in [0.25, 0.3) is 11.8 Å². The van der Waals surface area contributed by atoms with E-state index in [1.165, 1.54) is 11.3 Å². The molecule has 2 aromatic heterocycles. The van der Waals surface area contributed by atoms with Gasteiger partial charge in [0.05, 0.1) is 42.7 Å². The molecule has 10 heteroatoms. The van der Waals surface area contributed by atoms with Gasteiger partial charge in [0.1, 0.15) is 0 Å². The van der Waals surface area contributed by atoms with Crippen molar-refractivity contribution in [3.05, 3.63) is 106 Å². The molecule has 1 atom stereocenters. The minimum Gasteiger partial charge on any atom is -0.493 e. The van der Waals surface area contributed by atoms with Gasteiger partial charge in [0.15, 0.2) is 16.3 Å². The van der Waals surface area contributed by atoms with Crippen molar-refractivity contribution in [2.45, 2.75) is 33.7 Å². The van der Waals surface area contributed by atoms with Crippen molar-refractivity contribution in [2.75, 3.05) is 20.8 Å². The van der Waals surface area contributed by atoms with E-state index in [0.717, 1.165) is 27.1 Å². The van der Waals surface area contributed by atoms with E-state index >= 15 is 0 Å². The fourth-order valence-corrected chi connectivity index (χ4v) is 6.49. The van der Waals surface area contributed by atoms with Crippen molar-refractivity contribution in [3.8, 4) is 17.2 Å². The van der Waals surface area contributed by atoms with Crippen LogP contribution in [0.5, 0.6) is 11.5 Å². The lowest BCUT2D eigenvalue weighted by Gasteiger charge is -2.25. The second-order valence-electron chi connectivity index (χ2n) is 9.55. The molecular weight excluding hydrogens is 606 g/mol. The van der Waals surface area contributed by atoms with Gasteiger partial charge in [-0.3, -0.25) is 9.36 Å². The van der Waals surface area contributed by atoms with Gasteiger partial charge >= 0.3 is 5.97 Å². The molecule has 2 aromatic carbocycles. The summed E-state index contributed by atoms with van der Waals surface area (Å²) in [5.41, 5.74) is 5.28. The highest BCUT2D eigenvalue weighted by atomic mass is 79.9. The van der Waals surface area contributed by atoms with Gasteiger partial charge in [0, 0.05) is 21.5 Å². The highest BCUT2D eigenvalue weighted by molar-refractivity contribution is 9.10. The van der Waals surface area contributed by atoms with E-state index in [1.54, 1.807) is 44.8 Å². The molecular formula is C31H30BrN3O5S. The number of aromatic nitrogens is 2. The quantitative estimate of drug-likeness (QED) is 0.267. The topological polar surface area (TPSA) is 84.1 Å². The van der Waals surface area contributed by atoms with Crippen molar-refractivity contribution < 1.29 is 19.0 Å². The van der Waals surface area contributed by atoms with E-state index in [9.17, 15) is 9.59 Å². The monoisotopic (exact) mass is 635 g/mol. The summed E-state index contributed by atoms with van der Waals surface area (Å²) in [6.45, 7) is 7.79. The Bertz CT molecular complexity index is 1860.